The molecule has 1 aromatic carbocycles. The van der Waals surface area contributed by atoms with Gasteiger partial charge in [-0.25, -0.2) is 0 Å². The monoisotopic (exact) mass is 265 g/mol. The SMILES string of the molecule is CC(C)(CN)CCCCOc1ccc(CCO)cc1. The highest BCUT2D eigenvalue weighted by atomic mass is 16.5. The zero-order valence-electron chi connectivity index (χ0n) is 12.2. The Labute approximate surface area is 116 Å². The summed E-state index contributed by atoms with van der Waals surface area (Å²) >= 11 is 0. The van der Waals surface area contributed by atoms with Crippen LogP contribution in [0.4, 0.5) is 0 Å². The number of hydrogen-bond acceptors (Lipinski definition) is 3. The van der Waals surface area contributed by atoms with Crippen LogP contribution in [0.25, 0.3) is 0 Å². The Morgan fingerprint density at radius 3 is 2.42 bits per heavy atom. The molecular formula is C16H27NO2. The van der Waals surface area contributed by atoms with Gasteiger partial charge in [-0.2, -0.15) is 0 Å². The van der Waals surface area contributed by atoms with Gasteiger partial charge in [-0.3, -0.25) is 0 Å². The molecule has 0 aliphatic heterocycles. The van der Waals surface area contributed by atoms with Gasteiger partial charge in [-0.05, 0) is 55.3 Å². The number of rotatable bonds is 9. The normalized spacial score (nSPS) is 11.6. The molecule has 3 heteroatoms. The van der Waals surface area contributed by atoms with Crippen LogP contribution in [-0.2, 0) is 6.42 Å². The summed E-state index contributed by atoms with van der Waals surface area (Å²) in [4.78, 5) is 0. The van der Waals surface area contributed by atoms with Crippen LogP contribution in [0.1, 0.15) is 38.7 Å². The molecule has 108 valence electrons. The summed E-state index contributed by atoms with van der Waals surface area (Å²) in [6, 6.07) is 7.94. The predicted octanol–water partition coefficient (Wildman–Crippen LogP) is 2.76. The fraction of sp³-hybridized carbons (Fsp3) is 0.625. The molecule has 0 heterocycles. The quantitative estimate of drug-likeness (QED) is 0.675. The minimum Gasteiger partial charge on any atom is -0.494 e. The number of unbranched alkanes of at least 4 members (excludes halogenated alkanes) is 1. The van der Waals surface area contributed by atoms with Gasteiger partial charge in [0, 0.05) is 6.61 Å². The standard InChI is InChI=1S/C16H27NO2/c1-16(2,13-17)10-3-4-12-19-15-7-5-14(6-8-15)9-11-18/h5-8,18H,3-4,9-13,17H2,1-2H3. The molecule has 0 aromatic heterocycles. The largest absolute Gasteiger partial charge is 0.494 e. The van der Waals surface area contributed by atoms with E-state index >= 15 is 0 Å². The topological polar surface area (TPSA) is 55.5 Å². The van der Waals surface area contributed by atoms with Crippen LogP contribution in [0.15, 0.2) is 24.3 Å². The van der Waals surface area contributed by atoms with E-state index in [4.69, 9.17) is 15.6 Å². The second-order valence-electron chi connectivity index (χ2n) is 5.79. The Kier molecular flexibility index (Phi) is 6.89. The molecule has 0 aliphatic carbocycles. The molecule has 0 unspecified atom stereocenters. The molecule has 3 N–H and O–H groups in total. The van der Waals surface area contributed by atoms with Crippen LogP contribution < -0.4 is 10.5 Å². The van der Waals surface area contributed by atoms with Gasteiger partial charge >= 0.3 is 0 Å². The minimum absolute atomic E-state index is 0.192. The number of aliphatic hydroxyl groups is 1. The third-order valence-electron chi connectivity index (χ3n) is 3.39. The Balaban J connectivity index is 2.19. The van der Waals surface area contributed by atoms with Crippen molar-refractivity contribution in [1.82, 2.24) is 0 Å². The van der Waals surface area contributed by atoms with E-state index in [-0.39, 0.29) is 12.0 Å². The molecule has 0 spiro atoms. The van der Waals surface area contributed by atoms with Crippen molar-refractivity contribution in [2.24, 2.45) is 11.1 Å². The molecule has 0 bridgehead atoms. The first kappa shape index (κ1) is 16.0. The molecular weight excluding hydrogens is 238 g/mol. The minimum atomic E-state index is 0.192. The lowest BCUT2D eigenvalue weighted by Crippen LogP contribution is -2.23. The number of benzene rings is 1. The van der Waals surface area contributed by atoms with Crippen LogP contribution in [-0.4, -0.2) is 24.9 Å². The molecule has 0 saturated heterocycles. The van der Waals surface area contributed by atoms with E-state index in [9.17, 15) is 0 Å². The average molecular weight is 265 g/mol. The van der Waals surface area contributed by atoms with Crippen LogP contribution >= 0.6 is 0 Å². The molecule has 1 aromatic rings. The van der Waals surface area contributed by atoms with Gasteiger partial charge in [0.15, 0.2) is 0 Å². The molecule has 19 heavy (non-hydrogen) atoms. The van der Waals surface area contributed by atoms with Crippen molar-refractivity contribution in [2.45, 2.75) is 39.5 Å². The molecule has 0 fully saturated rings. The van der Waals surface area contributed by atoms with Gasteiger partial charge in [0.2, 0.25) is 0 Å². The number of hydrogen-bond donors (Lipinski definition) is 2. The second kappa shape index (κ2) is 8.18. The van der Waals surface area contributed by atoms with Gasteiger partial charge in [0.05, 0.1) is 6.61 Å². The third-order valence-corrected chi connectivity index (χ3v) is 3.39. The van der Waals surface area contributed by atoms with E-state index in [1.165, 1.54) is 0 Å². The molecule has 0 atom stereocenters. The maximum absolute atomic E-state index is 8.84. The van der Waals surface area contributed by atoms with Crippen molar-refractivity contribution < 1.29 is 9.84 Å². The third kappa shape index (κ3) is 6.60. The lowest BCUT2D eigenvalue weighted by Gasteiger charge is -2.21. The summed E-state index contributed by atoms with van der Waals surface area (Å²) in [5.74, 6) is 0.903. The first-order valence-corrected chi connectivity index (χ1v) is 7.10. The van der Waals surface area contributed by atoms with Gasteiger partial charge in [-0.1, -0.05) is 26.0 Å². The summed E-state index contributed by atoms with van der Waals surface area (Å²) < 4.78 is 5.69. The van der Waals surface area contributed by atoms with Crippen molar-refractivity contribution >= 4 is 0 Å². The molecule has 1 rings (SSSR count). The van der Waals surface area contributed by atoms with Crippen LogP contribution in [0.2, 0.25) is 0 Å². The van der Waals surface area contributed by atoms with E-state index in [0.29, 0.717) is 6.42 Å². The first-order chi connectivity index (χ1) is 9.07. The van der Waals surface area contributed by atoms with Crippen LogP contribution in [0.5, 0.6) is 5.75 Å². The van der Waals surface area contributed by atoms with Gasteiger partial charge in [0.1, 0.15) is 5.75 Å². The summed E-state index contributed by atoms with van der Waals surface area (Å²) in [5, 5.41) is 8.84. The van der Waals surface area contributed by atoms with E-state index in [1.807, 2.05) is 24.3 Å². The Hall–Kier alpha value is -1.06. The Morgan fingerprint density at radius 2 is 1.84 bits per heavy atom. The average Bonchev–Trinajstić information content (AvgIpc) is 2.40. The van der Waals surface area contributed by atoms with E-state index in [1.54, 1.807) is 0 Å². The number of ether oxygens (including phenoxy) is 1. The van der Waals surface area contributed by atoms with Gasteiger partial charge in [0.25, 0.3) is 0 Å². The fourth-order valence-electron chi connectivity index (χ4n) is 1.88. The number of aliphatic hydroxyl groups excluding tert-OH is 1. The molecule has 0 aliphatic rings. The smallest absolute Gasteiger partial charge is 0.119 e. The maximum Gasteiger partial charge on any atom is 0.119 e. The van der Waals surface area contributed by atoms with E-state index in [2.05, 4.69) is 13.8 Å². The zero-order valence-corrected chi connectivity index (χ0v) is 12.2. The molecule has 0 saturated carbocycles. The fourth-order valence-corrected chi connectivity index (χ4v) is 1.88. The summed E-state index contributed by atoms with van der Waals surface area (Å²) in [6.45, 7) is 6.08. The van der Waals surface area contributed by atoms with Crippen molar-refractivity contribution in [3.05, 3.63) is 29.8 Å². The lowest BCUT2D eigenvalue weighted by molar-refractivity contribution is 0.278. The zero-order chi connectivity index (χ0) is 14.1. The van der Waals surface area contributed by atoms with Gasteiger partial charge < -0.3 is 15.6 Å². The van der Waals surface area contributed by atoms with E-state index < -0.39 is 0 Å². The Bertz CT molecular complexity index is 346. The molecule has 0 radical (unpaired) electrons. The molecule has 3 nitrogen and oxygen atoms in total. The van der Waals surface area contributed by atoms with Crippen molar-refractivity contribution in [3.8, 4) is 5.75 Å². The summed E-state index contributed by atoms with van der Waals surface area (Å²) in [5.41, 5.74) is 7.08. The van der Waals surface area contributed by atoms with Crippen LogP contribution in [0, 0.1) is 5.41 Å². The highest BCUT2D eigenvalue weighted by Crippen LogP contribution is 2.21. The first-order valence-electron chi connectivity index (χ1n) is 7.10. The van der Waals surface area contributed by atoms with Gasteiger partial charge in [-0.15, -0.1) is 0 Å². The Morgan fingerprint density at radius 1 is 1.16 bits per heavy atom. The van der Waals surface area contributed by atoms with Crippen molar-refractivity contribution in [3.63, 3.8) is 0 Å². The van der Waals surface area contributed by atoms with Crippen LogP contribution in [0.3, 0.4) is 0 Å². The maximum atomic E-state index is 8.84. The predicted molar refractivity (Wildman–Crippen MR) is 79.4 cm³/mol. The highest BCUT2D eigenvalue weighted by Gasteiger charge is 2.14. The molecule has 0 amide bonds. The number of nitrogens with two attached hydrogens (primary N) is 1. The summed E-state index contributed by atoms with van der Waals surface area (Å²) in [6.07, 6.45) is 4.05. The van der Waals surface area contributed by atoms with Crippen molar-refractivity contribution in [2.75, 3.05) is 19.8 Å². The second-order valence-corrected chi connectivity index (χ2v) is 5.79. The van der Waals surface area contributed by atoms with E-state index in [0.717, 1.165) is 43.7 Å². The lowest BCUT2D eigenvalue weighted by atomic mass is 9.87. The summed E-state index contributed by atoms with van der Waals surface area (Å²) in [7, 11) is 0. The highest BCUT2D eigenvalue weighted by molar-refractivity contribution is 5.27. The van der Waals surface area contributed by atoms with Crippen molar-refractivity contribution in [1.29, 1.82) is 0 Å².